The highest BCUT2D eigenvalue weighted by Gasteiger charge is 2.13. The average Bonchev–Trinajstić information content (AvgIpc) is 2.62. The third-order valence-electron chi connectivity index (χ3n) is 2.30. The molecular weight excluding hydrogens is 236 g/mol. The van der Waals surface area contributed by atoms with Gasteiger partial charge in [0, 0.05) is 17.2 Å². The number of nitrogens with one attached hydrogen (secondary N) is 1. The van der Waals surface area contributed by atoms with Gasteiger partial charge >= 0.3 is 0 Å². The van der Waals surface area contributed by atoms with Crippen LogP contribution in [0.15, 0.2) is 0 Å². The molecule has 1 rings (SSSR count). The van der Waals surface area contributed by atoms with Crippen molar-refractivity contribution < 1.29 is 0 Å². The minimum Gasteiger partial charge on any atom is -0.312 e. The van der Waals surface area contributed by atoms with Crippen molar-refractivity contribution in [3.63, 3.8) is 0 Å². The van der Waals surface area contributed by atoms with Crippen molar-refractivity contribution >= 4 is 23.1 Å². The van der Waals surface area contributed by atoms with Crippen molar-refractivity contribution in [2.24, 2.45) is 0 Å². The Labute approximate surface area is 107 Å². The zero-order valence-electron chi connectivity index (χ0n) is 10.7. The van der Waals surface area contributed by atoms with Crippen molar-refractivity contribution in [3.8, 4) is 0 Å². The average molecular weight is 258 g/mol. The fourth-order valence-electron chi connectivity index (χ4n) is 1.56. The number of thiazole rings is 1. The fraction of sp³-hybridized carbons (Fsp3) is 0.750. The molecule has 92 valence electrons. The van der Waals surface area contributed by atoms with Crippen molar-refractivity contribution in [2.45, 2.75) is 45.4 Å². The van der Waals surface area contributed by atoms with E-state index in [1.807, 2.05) is 23.1 Å². The van der Waals surface area contributed by atoms with E-state index in [1.165, 1.54) is 22.0 Å². The second-order valence-electron chi connectivity index (χ2n) is 4.18. The summed E-state index contributed by atoms with van der Waals surface area (Å²) in [7, 11) is 0. The second kappa shape index (κ2) is 7.30. The molecule has 0 aliphatic carbocycles. The van der Waals surface area contributed by atoms with Gasteiger partial charge in [-0.25, -0.2) is 4.98 Å². The first-order valence-electron chi connectivity index (χ1n) is 5.87. The van der Waals surface area contributed by atoms with Crippen LogP contribution in [0.1, 0.15) is 48.7 Å². The van der Waals surface area contributed by atoms with E-state index in [9.17, 15) is 0 Å². The van der Waals surface area contributed by atoms with Crippen LogP contribution in [0, 0.1) is 0 Å². The SMILES string of the molecule is CCCNCc1sc(CSC)nc1C(C)C. The van der Waals surface area contributed by atoms with Crippen LogP contribution in [-0.2, 0) is 12.3 Å². The summed E-state index contributed by atoms with van der Waals surface area (Å²) < 4.78 is 0. The van der Waals surface area contributed by atoms with Gasteiger partial charge in [0.15, 0.2) is 0 Å². The van der Waals surface area contributed by atoms with Gasteiger partial charge in [0.1, 0.15) is 5.01 Å². The number of aromatic nitrogens is 1. The van der Waals surface area contributed by atoms with E-state index in [-0.39, 0.29) is 0 Å². The molecule has 0 saturated heterocycles. The molecule has 0 saturated carbocycles. The molecule has 1 aromatic rings. The topological polar surface area (TPSA) is 24.9 Å². The molecule has 0 atom stereocenters. The first-order chi connectivity index (χ1) is 7.69. The van der Waals surface area contributed by atoms with Gasteiger partial charge in [-0.1, -0.05) is 20.8 Å². The highest BCUT2D eigenvalue weighted by atomic mass is 32.2. The normalized spacial score (nSPS) is 11.3. The summed E-state index contributed by atoms with van der Waals surface area (Å²) in [6.07, 6.45) is 3.32. The van der Waals surface area contributed by atoms with Crippen LogP contribution in [0.5, 0.6) is 0 Å². The first-order valence-corrected chi connectivity index (χ1v) is 8.08. The third-order valence-corrected chi connectivity index (χ3v) is 4.11. The summed E-state index contributed by atoms with van der Waals surface area (Å²) in [5.74, 6) is 1.57. The monoisotopic (exact) mass is 258 g/mol. The van der Waals surface area contributed by atoms with E-state index in [1.54, 1.807) is 0 Å². The predicted molar refractivity (Wildman–Crippen MR) is 75.4 cm³/mol. The summed E-state index contributed by atoms with van der Waals surface area (Å²) in [6.45, 7) is 8.71. The Kier molecular flexibility index (Phi) is 6.39. The number of hydrogen-bond acceptors (Lipinski definition) is 4. The fourth-order valence-corrected chi connectivity index (χ4v) is 3.44. The van der Waals surface area contributed by atoms with E-state index in [0.717, 1.165) is 18.8 Å². The van der Waals surface area contributed by atoms with Crippen LogP contribution in [0.3, 0.4) is 0 Å². The summed E-state index contributed by atoms with van der Waals surface area (Å²) in [5, 5.41) is 4.73. The first kappa shape index (κ1) is 14.0. The Balaban J connectivity index is 2.70. The minimum absolute atomic E-state index is 0.533. The maximum Gasteiger partial charge on any atom is 0.103 e. The van der Waals surface area contributed by atoms with Crippen molar-refractivity contribution in [2.75, 3.05) is 12.8 Å². The van der Waals surface area contributed by atoms with Gasteiger partial charge in [-0.15, -0.1) is 11.3 Å². The number of thioether (sulfide) groups is 1. The van der Waals surface area contributed by atoms with Gasteiger partial charge in [0.25, 0.3) is 0 Å². The van der Waals surface area contributed by atoms with Crippen molar-refractivity contribution in [1.29, 1.82) is 0 Å². The predicted octanol–water partition coefficient (Wildman–Crippen LogP) is 3.63. The summed E-state index contributed by atoms with van der Waals surface area (Å²) in [6, 6.07) is 0. The quantitative estimate of drug-likeness (QED) is 0.756. The molecule has 1 N–H and O–H groups in total. The molecule has 0 spiro atoms. The molecule has 16 heavy (non-hydrogen) atoms. The lowest BCUT2D eigenvalue weighted by molar-refractivity contribution is 0.670. The minimum atomic E-state index is 0.533. The zero-order chi connectivity index (χ0) is 12.0. The molecular formula is C12H22N2S2. The summed E-state index contributed by atoms with van der Waals surface area (Å²) in [4.78, 5) is 6.16. The molecule has 1 heterocycles. The molecule has 0 radical (unpaired) electrons. The molecule has 1 aromatic heterocycles. The molecule has 0 bridgehead atoms. The highest BCUT2D eigenvalue weighted by Crippen LogP contribution is 2.26. The van der Waals surface area contributed by atoms with Gasteiger partial charge in [-0.3, -0.25) is 0 Å². The van der Waals surface area contributed by atoms with Crippen LogP contribution >= 0.6 is 23.1 Å². The van der Waals surface area contributed by atoms with Crippen LogP contribution in [0.4, 0.5) is 0 Å². The maximum absolute atomic E-state index is 4.74. The lowest BCUT2D eigenvalue weighted by Crippen LogP contribution is -2.14. The van der Waals surface area contributed by atoms with Gasteiger partial charge in [-0.2, -0.15) is 11.8 Å². The van der Waals surface area contributed by atoms with Gasteiger partial charge in [0.2, 0.25) is 0 Å². The molecule has 0 aliphatic rings. The Morgan fingerprint density at radius 2 is 2.19 bits per heavy atom. The van der Waals surface area contributed by atoms with Crippen LogP contribution < -0.4 is 5.32 Å². The van der Waals surface area contributed by atoms with Crippen LogP contribution in [0.25, 0.3) is 0 Å². The lowest BCUT2D eigenvalue weighted by Gasteiger charge is -2.05. The largest absolute Gasteiger partial charge is 0.312 e. The van der Waals surface area contributed by atoms with Crippen LogP contribution in [-0.4, -0.2) is 17.8 Å². The summed E-state index contributed by atoms with van der Waals surface area (Å²) >= 11 is 3.71. The number of nitrogens with zero attached hydrogens (tertiary/aromatic N) is 1. The Hall–Kier alpha value is -0.0600. The molecule has 2 nitrogen and oxygen atoms in total. The van der Waals surface area contributed by atoms with E-state index in [4.69, 9.17) is 4.98 Å². The maximum atomic E-state index is 4.74. The van der Waals surface area contributed by atoms with E-state index >= 15 is 0 Å². The molecule has 0 unspecified atom stereocenters. The Bertz CT molecular complexity index is 308. The van der Waals surface area contributed by atoms with Crippen molar-refractivity contribution in [3.05, 3.63) is 15.6 Å². The molecule has 0 fully saturated rings. The van der Waals surface area contributed by atoms with Gasteiger partial charge in [-0.05, 0) is 25.1 Å². The third kappa shape index (κ3) is 4.07. The van der Waals surface area contributed by atoms with E-state index in [2.05, 4.69) is 32.3 Å². The van der Waals surface area contributed by atoms with E-state index in [0.29, 0.717) is 5.92 Å². The standard InChI is InChI=1S/C12H22N2S2/c1-5-6-13-7-10-12(9(2)3)14-11(16-10)8-15-4/h9,13H,5-8H2,1-4H3. The summed E-state index contributed by atoms with van der Waals surface area (Å²) in [5.41, 5.74) is 1.29. The lowest BCUT2D eigenvalue weighted by atomic mass is 10.1. The highest BCUT2D eigenvalue weighted by molar-refractivity contribution is 7.97. The molecule has 4 heteroatoms. The second-order valence-corrected chi connectivity index (χ2v) is 6.21. The Morgan fingerprint density at radius 1 is 1.44 bits per heavy atom. The van der Waals surface area contributed by atoms with Gasteiger partial charge < -0.3 is 5.32 Å². The van der Waals surface area contributed by atoms with Crippen LogP contribution in [0.2, 0.25) is 0 Å². The zero-order valence-corrected chi connectivity index (χ0v) is 12.3. The van der Waals surface area contributed by atoms with E-state index < -0.39 is 0 Å². The molecule has 0 aliphatic heterocycles. The number of rotatable bonds is 7. The molecule has 0 amide bonds. The smallest absolute Gasteiger partial charge is 0.103 e. The van der Waals surface area contributed by atoms with Crippen molar-refractivity contribution in [1.82, 2.24) is 10.3 Å². The van der Waals surface area contributed by atoms with Gasteiger partial charge in [0.05, 0.1) is 5.69 Å². The number of hydrogen-bond donors (Lipinski definition) is 1. The Morgan fingerprint density at radius 3 is 2.75 bits per heavy atom. The molecule has 0 aromatic carbocycles.